The van der Waals surface area contributed by atoms with Crippen molar-refractivity contribution in [2.24, 2.45) is 5.41 Å². The predicted molar refractivity (Wildman–Crippen MR) is 79.0 cm³/mol. The molecule has 0 bridgehead atoms. The number of allylic oxidation sites excluding steroid dienone is 1. The third-order valence-corrected chi connectivity index (χ3v) is 4.18. The summed E-state index contributed by atoms with van der Waals surface area (Å²) < 4.78 is 2.30. The molecule has 0 fully saturated rings. The maximum atomic E-state index is 4.29. The molecule has 0 aliphatic heterocycles. The summed E-state index contributed by atoms with van der Waals surface area (Å²) in [6.07, 6.45) is 4.90. The number of rotatable bonds is 1. The highest BCUT2D eigenvalue weighted by Gasteiger charge is 2.38. The van der Waals surface area contributed by atoms with Gasteiger partial charge in [0.2, 0.25) is 0 Å². The first-order valence-corrected chi connectivity index (χ1v) is 6.76. The fourth-order valence-corrected chi connectivity index (χ4v) is 3.39. The lowest BCUT2D eigenvalue weighted by molar-refractivity contribution is 0.248. The maximum absolute atomic E-state index is 4.29. The van der Waals surface area contributed by atoms with Crippen LogP contribution in [0, 0.1) is 12.3 Å². The summed E-state index contributed by atoms with van der Waals surface area (Å²) in [5.41, 5.74) is 5.27. The molecule has 98 valence electrons. The summed E-state index contributed by atoms with van der Waals surface area (Å²) in [6, 6.07) is 8.96. The zero-order valence-electron chi connectivity index (χ0n) is 11.9. The van der Waals surface area contributed by atoms with Gasteiger partial charge in [-0.2, -0.15) is 0 Å². The molecule has 1 unspecified atom stereocenters. The van der Waals surface area contributed by atoms with E-state index in [2.05, 4.69) is 61.2 Å². The number of aromatic nitrogens is 2. The van der Waals surface area contributed by atoms with Crippen molar-refractivity contribution in [1.82, 2.24) is 9.55 Å². The van der Waals surface area contributed by atoms with Gasteiger partial charge < -0.3 is 4.57 Å². The molecule has 2 aromatic rings. The zero-order valence-corrected chi connectivity index (χ0v) is 11.9. The first-order chi connectivity index (χ1) is 9.00. The van der Waals surface area contributed by atoms with E-state index in [9.17, 15) is 0 Å². The van der Waals surface area contributed by atoms with E-state index in [1.165, 1.54) is 22.4 Å². The minimum Gasteiger partial charge on any atom is -0.327 e. The summed E-state index contributed by atoms with van der Waals surface area (Å²) in [6.45, 7) is 11.0. The highest BCUT2D eigenvalue weighted by Crippen LogP contribution is 2.49. The molecular formula is C17H20N2. The van der Waals surface area contributed by atoms with Gasteiger partial charge in [-0.25, -0.2) is 4.98 Å². The predicted octanol–water partition coefficient (Wildman–Crippen LogP) is 4.22. The van der Waals surface area contributed by atoms with Crippen molar-refractivity contribution in [2.45, 2.75) is 33.2 Å². The van der Waals surface area contributed by atoms with E-state index in [-0.39, 0.29) is 5.41 Å². The van der Waals surface area contributed by atoms with Gasteiger partial charge in [-0.1, -0.05) is 44.7 Å². The average molecular weight is 252 g/mol. The van der Waals surface area contributed by atoms with Crippen LogP contribution >= 0.6 is 0 Å². The number of hydrogen-bond acceptors (Lipinski definition) is 1. The minimum atomic E-state index is 0.150. The van der Waals surface area contributed by atoms with E-state index < -0.39 is 0 Å². The van der Waals surface area contributed by atoms with Gasteiger partial charge in [0.25, 0.3) is 0 Å². The Hall–Kier alpha value is -1.83. The molecule has 1 aliphatic rings. The highest BCUT2D eigenvalue weighted by atomic mass is 15.1. The number of fused-ring (bicyclic) bond motifs is 1. The third kappa shape index (κ3) is 1.83. The molecule has 3 rings (SSSR count). The number of benzene rings is 1. The fourth-order valence-electron chi connectivity index (χ4n) is 3.39. The van der Waals surface area contributed by atoms with Crippen LogP contribution in [0.5, 0.6) is 0 Å². The van der Waals surface area contributed by atoms with Crippen LogP contribution in [0.25, 0.3) is 5.57 Å². The topological polar surface area (TPSA) is 17.8 Å². The van der Waals surface area contributed by atoms with Gasteiger partial charge in [-0.3, -0.25) is 0 Å². The lowest BCUT2D eigenvalue weighted by Gasteiger charge is -2.42. The first kappa shape index (κ1) is 12.2. The van der Waals surface area contributed by atoms with Gasteiger partial charge in [-0.15, -0.1) is 0 Å². The van der Waals surface area contributed by atoms with E-state index in [0.717, 1.165) is 6.42 Å². The Morgan fingerprint density at radius 2 is 2.05 bits per heavy atom. The van der Waals surface area contributed by atoms with Crippen molar-refractivity contribution < 1.29 is 0 Å². The molecule has 1 aromatic carbocycles. The van der Waals surface area contributed by atoms with Gasteiger partial charge in [0.05, 0.1) is 12.4 Å². The van der Waals surface area contributed by atoms with Crippen LogP contribution in [-0.2, 0) is 0 Å². The molecule has 1 heterocycles. The molecule has 1 aromatic heterocycles. The van der Waals surface area contributed by atoms with E-state index in [1.54, 1.807) is 0 Å². The normalized spacial score (nSPS) is 21.2. The second-order valence-corrected chi connectivity index (χ2v) is 6.20. The molecule has 0 spiro atoms. The SMILES string of the molecule is C=C1CC(C)(C)C(n2cncc2C)c2ccccc21. The molecular weight excluding hydrogens is 232 g/mol. The Morgan fingerprint density at radius 3 is 2.74 bits per heavy atom. The van der Waals surface area contributed by atoms with E-state index in [4.69, 9.17) is 0 Å². The van der Waals surface area contributed by atoms with Gasteiger partial charge in [0.15, 0.2) is 0 Å². The standard InChI is InChI=1S/C17H20N2/c1-12-9-17(3,4)16(19-11-18-10-13(19)2)15-8-6-5-7-14(12)15/h5-8,10-11,16H,1,9H2,2-4H3. The van der Waals surface area contributed by atoms with Crippen LogP contribution in [0.2, 0.25) is 0 Å². The van der Waals surface area contributed by atoms with Crippen LogP contribution in [-0.4, -0.2) is 9.55 Å². The van der Waals surface area contributed by atoms with E-state index >= 15 is 0 Å². The maximum Gasteiger partial charge on any atom is 0.0954 e. The summed E-state index contributed by atoms with van der Waals surface area (Å²) in [5.74, 6) is 0. The number of imidazole rings is 1. The average Bonchev–Trinajstić information content (AvgIpc) is 2.75. The molecule has 0 N–H and O–H groups in total. The van der Waals surface area contributed by atoms with Crippen molar-refractivity contribution in [3.8, 4) is 0 Å². The number of nitrogens with zero attached hydrogens (tertiary/aromatic N) is 2. The van der Waals surface area contributed by atoms with E-state index in [0.29, 0.717) is 6.04 Å². The number of aryl methyl sites for hydroxylation is 1. The third-order valence-electron chi connectivity index (χ3n) is 4.18. The van der Waals surface area contributed by atoms with Gasteiger partial charge in [-0.05, 0) is 35.5 Å². The lowest BCUT2D eigenvalue weighted by Crippen LogP contribution is -2.32. The first-order valence-electron chi connectivity index (χ1n) is 6.76. The molecule has 1 aliphatic carbocycles. The Bertz CT molecular complexity index is 634. The molecule has 2 heteroatoms. The quantitative estimate of drug-likeness (QED) is 0.743. The summed E-state index contributed by atoms with van der Waals surface area (Å²) >= 11 is 0. The molecule has 19 heavy (non-hydrogen) atoms. The molecule has 0 radical (unpaired) electrons. The Morgan fingerprint density at radius 1 is 1.32 bits per heavy atom. The molecule has 1 atom stereocenters. The van der Waals surface area contributed by atoms with Crippen LogP contribution in [0.3, 0.4) is 0 Å². The molecule has 0 amide bonds. The van der Waals surface area contributed by atoms with Crippen molar-refractivity contribution in [3.05, 3.63) is 60.2 Å². The largest absolute Gasteiger partial charge is 0.327 e. The summed E-state index contributed by atoms with van der Waals surface area (Å²) in [4.78, 5) is 4.29. The lowest BCUT2D eigenvalue weighted by atomic mass is 9.68. The minimum absolute atomic E-state index is 0.150. The van der Waals surface area contributed by atoms with E-state index in [1.807, 2.05) is 12.5 Å². The van der Waals surface area contributed by atoms with Crippen LogP contribution in [0.4, 0.5) is 0 Å². The van der Waals surface area contributed by atoms with Gasteiger partial charge >= 0.3 is 0 Å². The van der Waals surface area contributed by atoms with Crippen molar-refractivity contribution in [3.63, 3.8) is 0 Å². The Kier molecular flexibility index (Phi) is 2.63. The number of hydrogen-bond donors (Lipinski definition) is 0. The molecule has 2 nitrogen and oxygen atoms in total. The van der Waals surface area contributed by atoms with Crippen molar-refractivity contribution in [1.29, 1.82) is 0 Å². The Balaban J connectivity index is 2.24. The molecule has 0 saturated carbocycles. The van der Waals surface area contributed by atoms with Crippen LogP contribution in [0.1, 0.15) is 43.1 Å². The van der Waals surface area contributed by atoms with Crippen LogP contribution < -0.4 is 0 Å². The zero-order chi connectivity index (χ0) is 13.6. The van der Waals surface area contributed by atoms with Gasteiger partial charge in [0.1, 0.15) is 0 Å². The monoisotopic (exact) mass is 252 g/mol. The summed E-state index contributed by atoms with van der Waals surface area (Å²) in [5, 5.41) is 0. The Labute approximate surface area is 114 Å². The summed E-state index contributed by atoms with van der Waals surface area (Å²) in [7, 11) is 0. The highest BCUT2D eigenvalue weighted by molar-refractivity contribution is 5.70. The van der Waals surface area contributed by atoms with Gasteiger partial charge in [0, 0.05) is 11.9 Å². The second kappa shape index (κ2) is 4.09. The molecule has 0 saturated heterocycles. The van der Waals surface area contributed by atoms with Crippen molar-refractivity contribution >= 4 is 5.57 Å². The second-order valence-electron chi connectivity index (χ2n) is 6.20. The van der Waals surface area contributed by atoms with Crippen LogP contribution in [0.15, 0.2) is 43.4 Å². The smallest absolute Gasteiger partial charge is 0.0954 e. The van der Waals surface area contributed by atoms with Crippen molar-refractivity contribution in [2.75, 3.05) is 0 Å². The fraction of sp³-hybridized carbons (Fsp3) is 0.353.